The molecule has 5 nitrogen and oxygen atoms in total. The number of halogens is 1. The molecule has 0 heterocycles. The Hall–Kier alpha value is -1.89. The number of amides is 1. The Labute approximate surface area is 147 Å². The van der Waals surface area contributed by atoms with Crippen LogP contribution < -0.4 is 5.32 Å². The lowest BCUT2D eigenvalue weighted by molar-refractivity contribution is -0.120. The van der Waals surface area contributed by atoms with Crippen molar-refractivity contribution >= 4 is 27.5 Å². The first-order chi connectivity index (χ1) is 11.3. The van der Waals surface area contributed by atoms with Gasteiger partial charge in [-0.15, -0.1) is 0 Å². The van der Waals surface area contributed by atoms with Crippen LogP contribution in [0.1, 0.15) is 11.1 Å². The highest BCUT2D eigenvalue weighted by molar-refractivity contribution is 7.89. The highest BCUT2D eigenvalue weighted by Gasteiger charge is 2.20. The Kier molecular flexibility index (Phi) is 5.99. The summed E-state index contributed by atoms with van der Waals surface area (Å²) in [6.45, 7) is 0.131. The summed E-state index contributed by atoms with van der Waals surface area (Å²) in [4.78, 5) is 12.3. The smallest absolute Gasteiger partial charge is 0.242 e. The summed E-state index contributed by atoms with van der Waals surface area (Å²) >= 11 is 6.04. The average molecular weight is 367 g/mol. The highest BCUT2D eigenvalue weighted by Crippen LogP contribution is 2.19. The van der Waals surface area contributed by atoms with Gasteiger partial charge in [-0.2, -0.15) is 0 Å². The number of benzene rings is 2. The van der Waals surface area contributed by atoms with Crippen molar-refractivity contribution in [1.82, 2.24) is 9.62 Å². The predicted molar refractivity (Wildman–Crippen MR) is 94.3 cm³/mol. The number of hydrogen-bond acceptors (Lipinski definition) is 3. The monoisotopic (exact) mass is 366 g/mol. The van der Waals surface area contributed by atoms with Gasteiger partial charge in [-0.1, -0.05) is 48.0 Å². The van der Waals surface area contributed by atoms with E-state index in [1.165, 1.54) is 20.2 Å². The van der Waals surface area contributed by atoms with Crippen LogP contribution >= 0.6 is 11.6 Å². The normalized spacial score (nSPS) is 11.5. The van der Waals surface area contributed by atoms with Crippen LogP contribution in [-0.2, 0) is 27.8 Å². The van der Waals surface area contributed by atoms with Crippen molar-refractivity contribution in [2.45, 2.75) is 17.9 Å². The van der Waals surface area contributed by atoms with E-state index >= 15 is 0 Å². The molecule has 0 atom stereocenters. The molecule has 2 aromatic carbocycles. The molecule has 2 rings (SSSR count). The summed E-state index contributed by atoms with van der Waals surface area (Å²) in [6.07, 6.45) is 0.141. The molecule has 0 radical (unpaired) electrons. The zero-order valence-corrected chi connectivity index (χ0v) is 15.1. The van der Waals surface area contributed by atoms with E-state index in [1.54, 1.807) is 36.4 Å². The van der Waals surface area contributed by atoms with Gasteiger partial charge in [0.15, 0.2) is 0 Å². The third kappa shape index (κ3) is 4.35. The van der Waals surface area contributed by atoms with Gasteiger partial charge in [0, 0.05) is 25.7 Å². The first kappa shape index (κ1) is 18.4. The Morgan fingerprint density at radius 1 is 1.04 bits per heavy atom. The summed E-state index contributed by atoms with van der Waals surface area (Å²) in [6, 6.07) is 13.7. The molecule has 0 unspecified atom stereocenters. The molecule has 7 heteroatoms. The topological polar surface area (TPSA) is 66.5 Å². The molecule has 0 bridgehead atoms. The van der Waals surface area contributed by atoms with Crippen LogP contribution in [-0.4, -0.2) is 32.7 Å². The lowest BCUT2D eigenvalue weighted by atomic mass is 10.1. The molecule has 128 valence electrons. The number of rotatable bonds is 6. The summed E-state index contributed by atoms with van der Waals surface area (Å²) in [5.41, 5.74) is 1.27. The summed E-state index contributed by atoms with van der Waals surface area (Å²) in [5.74, 6) is -0.222. The number of sulfonamides is 1. The molecular formula is C17H19ClN2O3S. The van der Waals surface area contributed by atoms with Crippen molar-refractivity contribution < 1.29 is 13.2 Å². The fourth-order valence-electron chi connectivity index (χ4n) is 2.17. The van der Waals surface area contributed by atoms with Crippen LogP contribution in [0.3, 0.4) is 0 Å². The van der Waals surface area contributed by atoms with E-state index in [-0.39, 0.29) is 23.8 Å². The van der Waals surface area contributed by atoms with E-state index in [9.17, 15) is 13.2 Å². The molecule has 0 fully saturated rings. The minimum absolute atomic E-state index is 0.131. The van der Waals surface area contributed by atoms with E-state index < -0.39 is 10.0 Å². The van der Waals surface area contributed by atoms with Gasteiger partial charge in [0.2, 0.25) is 15.9 Å². The minimum atomic E-state index is -3.56. The predicted octanol–water partition coefficient (Wildman–Crippen LogP) is 2.45. The molecule has 1 N–H and O–H groups in total. The standard InChI is InChI=1S/C17H19ClN2O3S/c1-20(2)24(22,23)16-10-6-4-8-14(16)12-19-17(21)11-13-7-3-5-9-15(13)18/h3-10H,11-12H2,1-2H3,(H,19,21). The summed E-state index contributed by atoms with van der Waals surface area (Å²) in [7, 11) is -0.612. The van der Waals surface area contributed by atoms with Gasteiger partial charge in [-0.25, -0.2) is 12.7 Å². The third-order valence-electron chi connectivity index (χ3n) is 3.52. The van der Waals surface area contributed by atoms with E-state index in [4.69, 9.17) is 11.6 Å². The maximum atomic E-state index is 12.3. The van der Waals surface area contributed by atoms with Gasteiger partial charge < -0.3 is 5.32 Å². The highest BCUT2D eigenvalue weighted by atomic mass is 35.5. The molecule has 0 aliphatic carbocycles. The number of carbonyl (C=O) groups excluding carboxylic acids is 1. The maximum absolute atomic E-state index is 12.3. The number of nitrogens with zero attached hydrogens (tertiary/aromatic N) is 1. The number of carbonyl (C=O) groups is 1. The molecule has 1 amide bonds. The Morgan fingerprint density at radius 2 is 1.62 bits per heavy atom. The van der Waals surface area contributed by atoms with Gasteiger partial charge in [-0.3, -0.25) is 4.79 Å². The van der Waals surface area contributed by atoms with Crippen molar-refractivity contribution in [2.75, 3.05) is 14.1 Å². The van der Waals surface area contributed by atoms with Crippen LogP contribution in [0, 0.1) is 0 Å². The third-order valence-corrected chi connectivity index (χ3v) is 5.80. The van der Waals surface area contributed by atoms with Crippen molar-refractivity contribution in [3.8, 4) is 0 Å². The second kappa shape index (κ2) is 7.79. The Balaban J connectivity index is 2.10. The van der Waals surface area contributed by atoms with Crippen molar-refractivity contribution in [1.29, 1.82) is 0 Å². The molecule has 0 saturated heterocycles. The zero-order chi connectivity index (χ0) is 17.7. The van der Waals surface area contributed by atoms with Crippen LogP contribution in [0.4, 0.5) is 0 Å². The molecule has 0 aliphatic rings. The van der Waals surface area contributed by atoms with Gasteiger partial charge in [0.25, 0.3) is 0 Å². The van der Waals surface area contributed by atoms with Gasteiger partial charge in [0.1, 0.15) is 0 Å². The zero-order valence-electron chi connectivity index (χ0n) is 13.5. The Morgan fingerprint density at radius 3 is 2.25 bits per heavy atom. The van der Waals surface area contributed by atoms with E-state index in [0.29, 0.717) is 10.6 Å². The second-order valence-corrected chi connectivity index (χ2v) is 7.97. The fourth-order valence-corrected chi connectivity index (χ4v) is 3.49. The van der Waals surface area contributed by atoms with Crippen LogP contribution in [0.2, 0.25) is 5.02 Å². The van der Waals surface area contributed by atoms with Crippen molar-refractivity contribution in [2.24, 2.45) is 0 Å². The minimum Gasteiger partial charge on any atom is -0.352 e. The van der Waals surface area contributed by atoms with E-state index in [2.05, 4.69) is 5.32 Å². The fraction of sp³-hybridized carbons (Fsp3) is 0.235. The lowest BCUT2D eigenvalue weighted by Gasteiger charge is -2.15. The number of hydrogen-bond donors (Lipinski definition) is 1. The quantitative estimate of drug-likeness (QED) is 0.853. The number of nitrogens with one attached hydrogen (secondary N) is 1. The molecule has 24 heavy (non-hydrogen) atoms. The molecule has 2 aromatic rings. The first-order valence-corrected chi connectivity index (χ1v) is 9.14. The summed E-state index contributed by atoms with van der Waals surface area (Å²) in [5, 5.41) is 3.28. The van der Waals surface area contributed by atoms with E-state index in [1.807, 2.05) is 6.07 Å². The molecule has 0 spiro atoms. The molecule has 0 saturated carbocycles. The Bertz CT molecular complexity index is 835. The van der Waals surface area contributed by atoms with Crippen molar-refractivity contribution in [3.05, 3.63) is 64.7 Å². The molecule has 0 aromatic heterocycles. The van der Waals surface area contributed by atoms with Gasteiger partial charge in [0.05, 0.1) is 11.3 Å². The average Bonchev–Trinajstić information content (AvgIpc) is 2.55. The van der Waals surface area contributed by atoms with E-state index in [0.717, 1.165) is 9.87 Å². The first-order valence-electron chi connectivity index (χ1n) is 7.33. The van der Waals surface area contributed by atoms with Crippen LogP contribution in [0.5, 0.6) is 0 Å². The van der Waals surface area contributed by atoms with Gasteiger partial charge >= 0.3 is 0 Å². The second-order valence-electron chi connectivity index (χ2n) is 5.44. The molecular weight excluding hydrogens is 348 g/mol. The van der Waals surface area contributed by atoms with Crippen LogP contribution in [0.15, 0.2) is 53.4 Å². The molecule has 0 aliphatic heterocycles. The van der Waals surface area contributed by atoms with Crippen LogP contribution in [0.25, 0.3) is 0 Å². The summed E-state index contributed by atoms with van der Waals surface area (Å²) < 4.78 is 25.8. The maximum Gasteiger partial charge on any atom is 0.242 e. The lowest BCUT2D eigenvalue weighted by Crippen LogP contribution is -2.27. The SMILES string of the molecule is CN(C)S(=O)(=O)c1ccccc1CNC(=O)Cc1ccccc1Cl. The largest absolute Gasteiger partial charge is 0.352 e. The van der Waals surface area contributed by atoms with Gasteiger partial charge in [-0.05, 0) is 23.3 Å². The van der Waals surface area contributed by atoms with Crippen molar-refractivity contribution in [3.63, 3.8) is 0 Å².